The largest absolute Gasteiger partial charge is 2.00 e. The van der Waals surface area contributed by atoms with Crippen molar-refractivity contribution in [3.63, 3.8) is 0 Å². The molecule has 1 unspecified atom stereocenters. The molecule has 5 heteroatoms. The van der Waals surface area contributed by atoms with Gasteiger partial charge in [-0.25, -0.2) is 5.57 Å². The number of nitrogens with one attached hydrogen (secondary N) is 1. The molecule has 37 heavy (non-hydrogen) atoms. The summed E-state index contributed by atoms with van der Waals surface area (Å²) in [6, 6.07) is 0. The van der Waals surface area contributed by atoms with Gasteiger partial charge < -0.3 is 5.73 Å². The van der Waals surface area contributed by atoms with Crippen LogP contribution in [0.4, 0.5) is 0 Å². The quantitative estimate of drug-likeness (QED) is 0.113. The Kier molecular flexibility index (Phi) is 22.5. The first-order valence-electron chi connectivity index (χ1n) is 15.1. The van der Waals surface area contributed by atoms with Gasteiger partial charge in [-0.05, 0) is 54.4 Å². The first-order chi connectivity index (χ1) is 16.0. The third-order valence-corrected chi connectivity index (χ3v) is 9.14. The predicted octanol–water partition coefficient (Wildman–Crippen LogP) is 10.5. The maximum Gasteiger partial charge on any atom is 2.00 e. The third kappa shape index (κ3) is 12.6. The zero-order chi connectivity index (χ0) is 23.7. The number of halogens is 2. The Balaban J connectivity index is 0. The van der Waals surface area contributed by atoms with Gasteiger partial charge in [-0.15, -0.1) is 30.4 Å². The maximum atomic E-state index is 8.21. The molecule has 4 saturated carbocycles. The molecular formula is C32H60Cl2NSiTi. The van der Waals surface area contributed by atoms with Crippen molar-refractivity contribution in [3.8, 4) is 0 Å². The number of allylic oxidation sites excluding steroid dienone is 4. The van der Waals surface area contributed by atoms with E-state index in [0.29, 0.717) is 5.92 Å². The molecule has 4 fully saturated rings. The molecule has 1 N–H and O–H groups in total. The van der Waals surface area contributed by atoms with E-state index in [4.69, 9.17) is 5.73 Å². The van der Waals surface area contributed by atoms with Crippen LogP contribution in [0, 0.1) is 29.7 Å². The molecule has 215 valence electrons. The molecule has 5 aliphatic rings. The van der Waals surface area contributed by atoms with Crippen LogP contribution in [0.1, 0.15) is 150 Å². The van der Waals surface area contributed by atoms with Crippen LogP contribution < -0.4 is 0 Å². The second-order valence-corrected chi connectivity index (χ2v) is 12.2. The van der Waals surface area contributed by atoms with E-state index in [0.717, 1.165) is 17.8 Å². The minimum atomic E-state index is 0. The molecule has 0 heterocycles. The second-order valence-electron chi connectivity index (χ2n) is 12.2. The average Bonchev–Trinajstić information content (AvgIpc) is 3.07. The fourth-order valence-electron chi connectivity index (χ4n) is 7.82. The Morgan fingerprint density at radius 1 is 0.730 bits per heavy atom. The summed E-state index contributed by atoms with van der Waals surface area (Å²) in [5.41, 5.74) is 13.3. The van der Waals surface area contributed by atoms with Gasteiger partial charge in [-0.3, -0.25) is 6.08 Å². The summed E-state index contributed by atoms with van der Waals surface area (Å²) in [6.45, 7) is 9.26. The van der Waals surface area contributed by atoms with Gasteiger partial charge in [0.1, 0.15) is 0 Å². The van der Waals surface area contributed by atoms with E-state index < -0.39 is 0 Å². The van der Waals surface area contributed by atoms with Crippen LogP contribution in [0.5, 0.6) is 0 Å². The Labute approximate surface area is 263 Å². The molecule has 0 aliphatic heterocycles. The van der Waals surface area contributed by atoms with Crippen LogP contribution in [-0.2, 0) is 21.7 Å². The van der Waals surface area contributed by atoms with Gasteiger partial charge in [0.15, 0.2) is 0 Å². The SMILES string of the molecule is CCCCCCCCC1=C(CCCCCC)C(CC)=[C-]C1C.Cl.Cl.[NH-]C12CC3CC(CC(C3)C1)C2.[SiH3].[Ti+2]. The molecule has 1 radical (unpaired) electrons. The van der Waals surface area contributed by atoms with Crippen LogP contribution in [0.2, 0.25) is 0 Å². The van der Waals surface area contributed by atoms with Gasteiger partial charge in [0, 0.05) is 0 Å². The van der Waals surface area contributed by atoms with Crippen molar-refractivity contribution < 1.29 is 21.7 Å². The average molecular weight is 606 g/mol. The van der Waals surface area contributed by atoms with Crippen LogP contribution in [0.3, 0.4) is 0 Å². The molecule has 5 aliphatic carbocycles. The van der Waals surface area contributed by atoms with E-state index in [1.54, 1.807) is 16.7 Å². The summed E-state index contributed by atoms with van der Waals surface area (Å²) >= 11 is 0. The van der Waals surface area contributed by atoms with Gasteiger partial charge in [0.25, 0.3) is 0 Å². The zero-order valence-electron chi connectivity index (χ0n) is 25.1. The van der Waals surface area contributed by atoms with Crippen molar-refractivity contribution in [3.05, 3.63) is 28.5 Å². The molecule has 0 aromatic carbocycles. The maximum absolute atomic E-state index is 8.21. The first-order valence-corrected chi connectivity index (χ1v) is 15.1. The summed E-state index contributed by atoms with van der Waals surface area (Å²) in [5.74, 6) is 3.46. The number of rotatable bonds is 13. The number of unbranched alkanes of at least 4 members (excludes halogenated alkanes) is 8. The summed E-state index contributed by atoms with van der Waals surface area (Å²) in [7, 11) is 0. The van der Waals surface area contributed by atoms with Crippen LogP contribution in [0.15, 0.2) is 16.7 Å². The molecule has 0 spiro atoms. The van der Waals surface area contributed by atoms with Crippen LogP contribution in [0.25, 0.3) is 5.73 Å². The van der Waals surface area contributed by atoms with Crippen molar-refractivity contribution in [1.82, 2.24) is 0 Å². The molecule has 0 aromatic rings. The Bertz CT molecular complexity index is 628. The van der Waals surface area contributed by atoms with Gasteiger partial charge >= 0.3 is 21.7 Å². The van der Waals surface area contributed by atoms with Crippen molar-refractivity contribution >= 4 is 35.8 Å². The molecule has 0 amide bonds. The normalized spacial score (nSPS) is 28.7. The smallest absolute Gasteiger partial charge is 0.672 e. The van der Waals surface area contributed by atoms with Gasteiger partial charge in [0.2, 0.25) is 0 Å². The summed E-state index contributed by atoms with van der Waals surface area (Å²) < 4.78 is 0. The van der Waals surface area contributed by atoms with Crippen molar-refractivity contribution in [2.45, 2.75) is 155 Å². The fourth-order valence-corrected chi connectivity index (χ4v) is 7.82. The van der Waals surface area contributed by atoms with E-state index in [-0.39, 0.29) is 63.0 Å². The summed E-state index contributed by atoms with van der Waals surface area (Å²) in [4.78, 5) is 0. The van der Waals surface area contributed by atoms with Gasteiger partial charge in [-0.1, -0.05) is 130 Å². The zero-order valence-corrected chi connectivity index (χ0v) is 30.3. The van der Waals surface area contributed by atoms with E-state index in [1.807, 2.05) is 0 Å². The Morgan fingerprint density at radius 3 is 1.62 bits per heavy atom. The van der Waals surface area contributed by atoms with E-state index in [2.05, 4.69) is 33.8 Å². The molecule has 0 aromatic heterocycles. The minimum absolute atomic E-state index is 0. The predicted molar refractivity (Wildman–Crippen MR) is 170 cm³/mol. The van der Waals surface area contributed by atoms with Crippen molar-refractivity contribution in [2.24, 2.45) is 23.7 Å². The Hall–Kier alpha value is 0.951. The van der Waals surface area contributed by atoms with Gasteiger partial charge in [0.05, 0.1) is 0 Å². The van der Waals surface area contributed by atoms with E-state index in [1.165, 1.54) is 122 Å². The van der Waals surface area contributed by atoms with Crippen molar-refractivity contribution in [2.75, 3.05) is 0 Å². The van der Waals surface area contributed by atoms with Crippen LogP contribution in [-0.4, -0.2) is 16.5 Å². The van der Waals surface area contributed by atoms with Crippen LogP contribution >= 0.6 is 24.8 Å². The standard InChI is InChI=1S/C22H39.C10H16N.2ClH.H3Si.Ti/c1-5-8-10-12-13-15-16-21-19(4)18-20(7-3)22(21)17-14-11-9-6-2;11-10-4-7-1-8(5-10)3-9(2-7)6-10;;;;/h19H,5-17H2,1-4H3;7-9,11H,1-6H2;2*1H;1H3;/q2*-1;;;;+2. The third-order valence-electron chi connectivity index (χ3n) is 9.14. The summed E-state index contributed by atoms with van der Waals surface area (Å²) in [6.07, 6.45) is 29.6. The van der Waals surface area contributed by atoms with Gasteiger partial charge in [-0.2, -0.15) is 11.1 Å². The second kappa shape index (κ2) is 20.8. The first kappa shape index (κ1) is 40.1. The monoisotopic (exact) mass is 604 g/mol. The molecular weight excluding hydrogens is 545 g/mol. The van der Waals surface area contributed by atoms with E-state index in [9.17, 15) is 0 Å². The summed E-state index contributed by atoms with van der Waals surface area (Å²) in [5, 5.41) is 0. The topological polar surface area (TPSA) is 23.8 Å². The molecule has 0 saturated heterocycles. The van der Waals surface area contributed by atoms with E-state index >= 15 is 0 Å². The fraction of sp³-hybridized carbons (Fsp3) is 0.875. The molecule has 5 rings (SSSR count). The molecule has 1 nitrogen and oxygen atoms in total. The Morgan fingerprint density at radius 2 is 1.16 bits per heavy atom. The number of hydrogen-bond acceptors (Lipinski definition) is 0. The molecule has 1 atom stereocenters. The van der Waals surface area contributed by atoms with Crippen molar-refractivity contribution in [1.29, 1.82) is 0 Å². The number of hydrogen-bond donors (Lipinski definition) is 0. The minimum Gasteiger partial charge on any atom is -0.672 e. The molecule has 4 bridgehead atoms.